The second kappa shape index (κ2) is 16.8. The molecule has 3 rings (SSSR count). The van der Waals surface area contributed by atoms with Crippen molar-refractivity contribution in [2.24, 2.45) is 10.9 Å². The number of ether oxygens (including phenoxy) is 1. The molecule has 0 bridgehead atoms. The molecule has 0 spiro atoms. The number of allylic oxidation sites excluding steroid dienone is 2. The van der Waals surface area contributed by atoms with Crippen molar-refractivity contribution >= 4 is 36.1 Å². The average Bonchev–Trinajstić information content (AvgIpc) is 3.67. The second-order valence-electron chi connectivity index (χ2n) is 9.71. The van der Waals surface area contributed by atoms with Crippen molar-refractivity contribution in [1.29, 1.82) is 0 Å². The molecule has 0 radical (unpaired) electrons. The molecule has 0 N–H and O–H groups in total. The first-order valence-corrected chi connectivity index (χ1v) is 13.0. The summed E-state index contributed by atoms with van der Waals surface area (Å²) in [5, 5.41) is 0. The monoisotopic (exact) mass is 613 g/mol. The molecule has 0 unspecified atom stereocenters. The van der Waals surface area contributed by atoms with Crippen LogP contribution >= 0.6 is 24.0 Å². The average molecular weight is 614 g/mol. The summed E-state index contributed by atoms with van der Waals surface area (Å²) in [7, 11) is 3.34. The maximum Gasteiger partial charge on any atom is 0.226 e. The van der Waals surface area contributed by atoms with Crippen molar-refractivity contribution in [3.8, 4) is 5.75 Å². The predicted octanol–water partition coefficient (Wildman–Crippen LogP) is 6.93. The molecular formula is C29H45FIN3O2. The van der Waals surface area contributed by atoms with Crippen LogP contribution in [0.15, 0.2) is 41.2 Å². The minimum Gasteiger partial charge on any atom is -0.493 e. The Bertz CT molecular complexity index is 904. The fraction of sp³-hybridized carbons (Fsp3) is 0.586. The van der Waals surface area contributed by atoms with E-state index in [0.29, 0.717) is 17.9 Å². The molecule has 1 amide bonds. The van der Waals surface area contributed by atoms with Crippen LogP contribution in [0.1, 0.15) is 69.9 Å². The third kappa shape index (κ3) is 11.4. The lowest BCUT2D eigenvalue weighted by Gasteiger charge is -2.27. The van der Waals surface area contributed by atoms with Gasteiger partial charge >= 0.3 is 0 Å². The van der Waals surface area contributed by atoms with Crippen molar-refractivity contribution in [3.63, 3.8) is 0 Å². The van der Waals surface area contributed by atoms with Gasteiger partial charge in [-0.25, -0.2) is 9.38 Å². The number of carbonyl (C=O) groups is 1. The lowest BCUT2D eigenvalue weighted by molar-refractivity contribution is -0.128. The fourth-order valence-electron chi connectivity index (χ4n) is 3.85. The number of hydrogen-bond acceptors (Lipinski definition) is 4. The molecule has 0 atom stereocenters. The Kier molecular flexibility index (Phi) is 15.0. The number of carbonyl (C=O) groups excluding carboxylic acids is 1. The highest BCUT2D eigenvalue weighted by molar-refractivity contribution is 14.0. The smallest absolute Gasteiger partial charge is 0.226 e. The van der Waals surface area contributed by atoms with Crippen LogP contribution in [0, 0.1) is 18.7 Å². The standard InChI is InChI=1S/C16H22FNO2.C13H22N2.HI/c1-11-8-14(17)13(10-16(19)18(2)3)15(9-11)20-7-6-12-4-5-12;1-4-13(5-2)11-14-12(3)15-9-7-6-8-10-15;/h8-9,12H,4-7,10H2,1-3H3;4,11H,3,5-10H2,1-2H3;1H/b;13-4-,14-11-;. The van der Waals surface area contributed by atoms with Crippen molar-refractivity contribution in [2.45, 2.75) is 72.1 Å². The number of nitrogens with zero attached hydrogens (tertiary/aromatic N) is 3. The van der Waals surface area contributed by atoms with Crippen LogP contribution < -0.4 is 4.74 Å². The van der Waals surface area contributed by atoms with E-state index in [2.05, 4.69) is 36.4 Å². The Balaban J connectivity index is 0.000000365. The van der Waals surface area contributed by atoms with Gasteiger partial charge in [-0.1, -0.05) is 32.4 Å². The van der Waals surface area contributed by atoms with E-state index in [0.717, 1.165) is 43.2 Å². The van der Waals surface area contributed by atoms with E-state index < -0.39 is 0 Å². The maximum absolute atomic E-state index is 14.1. The molecule has 2 fully saturated rings. The topological polar surface area (TPSA) is 45.1 Å². The van der Waals surface area contributed by atoms with Crippen LogP contribution in [0.5, 0.6) is 5.75 Å². The highest BCUT2D eigenvalue weighted by Gasteiger charge is 2.22. The zero-order valence-electron chi connectivity index (χ0n) is 22.8. The Morgan fingerprint density at radius 1 is 1.25 bits per heavy atom. The van der Waals surface area contributed by atoms with Gasteiger partial charge in [0.2, 0.25) is 5.91 Å². The molecule has 202 valence electrons. The summed E-state index contributed by atoms with van der Waals surface area (Å²) in [6.07, 6.45) is 12.6. The fourth-order valence-corrected chi connectivity index (χ4v) is 3.85. The van der Waals surface area contributed by atoms with Crippen molar-refractivity contribution in [3.05, 3.63) is 53.1 Å². The molecule has 5 nitrogen and oxygen atoms in total. The molecule has 1 aliphatic heterocycles. The number of halogens is 2. The normalized spacial score (nSPS) is 15.6. The number of likely N-dealkylation sites (N-methyl/N-ethyl adjacent to an activating group) is 1. The van der Waals surface area contributed by atoms with Gasteiger partial charge < -0.3 is 14.5 Å². The summed E-state index contributed by atoms with van der Waals surface area (Å²) in [5.41, 5.74) is 2.45. The van der Waals surface area contributed by atoms with Gasteiger partial charge in [-0.15, -0.1) is 24.0 Å². The van der Waals surface area contributed by atoms with Gasteiger partial charge in [-0.2, -0.15) is 0 Å². The van der Waals surface area contributed by atoms with Gasteiger partial charge in [-0.05, 0) is 75.1 Å². The third-order valence-electron chi connectivity index (χ3n) is 6.49. The van der Waals surface area contributed by atoms with Crippen LogP contribution in [0.4, 0.5) is 4.39 Å². The predicted molar refractivity (Wildman–Crippen MR) is 159 cm³/mol. The van der Waals surface area contributed by atoms with Crippen molar-refractivity contribution in [2.75, 3.05) is 33.8 Å². The number of aliphatic imine (C=N–C) groups is 1. The van der Waals surface area contributed by atoms with Gasteiger partial charge in [0.1, 0.15) is 17.4 Å². The van der Waals surface area contributed by atoms with E-state index >= 15 is 0 Å². The lowest BCUT2D eigenvalue weighted by Crippen LogP contribution is -2.27. The molecule has 1 aromatic carbocycles. The Morgan fingerprint density at radius 3 is 2.47 bits per heavy atom. The summed E-state index contributed by atoms with van der Waals surface area (Å²) in [6.45, 7) is 12.9. The number of likely N-dealkylation sites (tertiary alicyclic amines) is 1. The minimum atomic E-state index is -0.360. The zero-order valence-corrected chi connectivity index (χ0v) is 25.1. The van der Waals surface area contributed by atoms with Crippen LogP contribution in [0.25, 0.3) is 0 Å². The van der Waals surface area contributed by atoms with Crippen molar-refractivity contribution < 1.29 is 13.9 Å². The van der Waals surface area contributed by atoms with E-state index in [9.17, 15) is 9.18 Å². The van der Waals surface area contributed by atoms with E-state index in [-0.39, 0.29) is 42.1 Å². The summed E-state index contributed by atoms with van der Waals surface area (Å²) in [4.78, 5) is 20.0. The summed E-state index contributed by atoms with van der Waals surface area (Å²) < 4.78 is 19.8. The Morgan fingerprint density at radius 2 is 1.92 bits per heavy atom. The highest BCUT2D eigenvalue weighted by Crippen LogP contribution is 2.33. The Labute approximate surface area is 234 Å². The number of amides is 1. The van der Waals surface area contributed by atoms with Crippen molar-refractivity contribution in [1.82, 2.24) is 9.80 Å². The first-order chi connectivity index (χ1) is 16.7. The van der Waals surface area contributed by atoms with E-state index in [1.807, 2.05) is 19.2 Å². The SMILES string of the molecule is C=C(/N=C\C(=C/C)CC)N1CCCCC1.Cc1cc(F)c(CC(=O)N(C)C)c(OCCC2CC2)c1.I. The van der Waals surface area contributed by atoms with E-state index in [1.165, 1.54) is 48.6 Å². The number of hydrogen-bond donors (Lipinski definition) is 0. The minimum absolute atomic E-state index is 0. The Hall–Kier alpha value is -1.90. The molecule has 1 saturated carbocycles. The second-order valence-corrected chi connectivity index (χ2v) is 9.71. The molecule has 1 aromatic rings. The zero-order chi connectivity index (χ0) is 25.8. The van der Waals surface area contributed by atoms with Gasteiger partial charge in [0.25, 0.3) is 0 Å². The first kappa shape index (κ1) is 32.1. The lowest BCUT2D eigenvalue weighted by atomic mass is 10.1. The van der Waals surface area contributed by atoms with E-state index in [1.54, 1.807) is 14.1 Å². The molecule has 1 saturated heterocycles. The molecule has 2 aliphatic rings. The van der Waals surface area contributed by atoms with Gasteiger partial charge in [0.05, 0.1) is 13.0 Å². The molecule has 0 aromatic heterocycles. The number of rotatable bonds is 10. The van der Waals surface area contributed by atoms with Gasteiger partial charge in [0, 0.05) is 39.0 Å². The number of benzene rings is 1. The van der Waals surface area contributed by atoms with Crippen LogP contribution in [0.2, 0.25) is 0 Å². The molecular weight excluding hydrogens is 568 g/mol. The number of piperidine rings is 1. The molecule has 7 heteroatoms. The highest BCUT2D eigenvalue weighted by atomic mass is 127. The third-order valence-corrected chi connectivity index (χ3v) is 6.49. The van der Waals surface area contributed by atoms with Gasteiger partial charge in [0.15, 0.2) is 0 Å². The summed E-state index contributed by atoms with van der Waals surface area (Å²) in [5.74, 6) is 1.72. The van der Waals surface area contributed by atoms with Crippen LogP contribution in [0.3, 0.4) is 0 Å². The van der Waals surface area contributed by atoms with Gasteiger partial charge in [-0.3, -0.25) is 4.79 Å². The van der Waals surface area contributed by atoms with E-state index in [4.69, 9.17) is 4.74 Å². The first-order valence-electron chi connectivity index (χ1n) is 13.0. The largest absolute Gasteiger partial charge is 0.493 e. The number of aryl methyl sites for hydroxylation is 1. The van der Waals surface area contributed by atoms with Crippen LogP contribution in [-0.2, 0) is 11.2 Å². The maximum atomic E-state index is 14.1. The molecule has 36 heavy (non-hydrogen) atoms. The molecule has 1 heterocycles. The van der Waals surface area contributed by atoms with Crippen LogP contribution in [-0.4, -0.2) is 55.7 Å². The molecule has 1 aliphatic carbocycles. The summed E-state index contributed by atoms with van der Waals surface area (Å²) in [6, 6.07) is 3.26. The summed E-state index contributed by atoms with van der Waals surface area (Å²) >= 11 is 0. The quantitative estimate of drug-likeness (QED) is 0.212.